The summed E-state index contributed by atoms with van der Waals surface area (Å²) < 4.78 is 5.27. The fourth-order valence-electron chi connectivity index (χ4n) is 2.50. The second-order valence-electron chi connectivity index (χ2n) is 5.08. The van der Waals surface area contributed by atoms with Gasteiger partial charge in [-0.15, -0.1) is 0 Å². The van der Waals surface area contributed by atoms with Crippen LogP contribution in [0.1, 0.15) is 41.7 Å². The van der Waals surface area contributed by atoms with Crippen molar-refractivity contribution in [3.63, 3.8) is 0 Å². The lowest BCUT2D eigenvalue weighted by atomic mass is 9.95. The number of aliphatic hydroxyl groups excluding tert-OH is 1. The Morgan fingerprint density at radius 2 is 1.84 bits per heavy atom. The van der Waals surface area contributed by atoms with Gasteiger partial charge in [0, 0.05) is 19.8 Å². The molecule has 0 bridgehead atoms. The fourth-order valence-corrected chi connectivity index (χ4v) is 2.50. The van der Waals surface area contributed by atoms with Crippen molar-refractivity contribution in [2.45, 2.75) is 40.2 Å². The average molecular weight is 265 g/mol. The first-order valence-corrected chi connectivity index (χ1v) is 7.10. The highest BCUT2D eigenvalue weighted by molar-refractivity contribution is 5.39. The molecule has 0 fully saturated rings. The van der Waals surface area contributed by atoms with E-state index >= 15 is 0 Å². The van der Waals surface area contributed by atoms with Crippen LogP contribution in [0.2, 0.25) is 0 Å². The van der Waals surface area contributed by atoms with Crippen molar-refractivity contribution in [2.75, 3.05) is 26.3 Å². The van der Waals surface area contributed by atoms with E-state index in [1.807, 2.05) is 6.92 Å². The first-order valence-electron chi connectivity index (χ1n) is 7.10. The van der Waals surface area contributed by atoms with Crippen LogP contribution < -0.4 is 5.32 Å². The van der Waals surface area contributed by atoms with E-state index in [0.717, 1.165) is 31.7 Å². The molecule has 1 unspecified atom stereocenters. The predicted molar refractivity (Wildman–Crippen MR) is 79.6 cm³/mol. The Kier molecular flexibility index (Phi) is 7.06. The van der Waals surface area contributed by atoms with Crippen LogP contribution in [0.5, 0.6) is 0 Å². The zero-order valence-corrected chi connectivity index (χ0v) is 12.6. The van der Waals surface area contributed by atoms with Gasteiger partial charge in [0.2, 0.25) is 0 Å². The van der Waals surface area contributed by atoms with Crippen molar-refractivity contribution in [3.05, 3.63) is 34.4 Å². The Morgan fingerprint density at radius 1 is 1.21 bits per heavy atom. The van der Waals surface area contributed by atoms with Crippen LogP contribution in [0.3, 0.4) is 0 Å². The minimum Gasteiger partial charge on any atom is -0.387 e. The van der Waals surface area contributed by atoms with E-state index in [2.05, 4.69) is 38.2 Å². The molecule has 0 aromatic heterocycles. The molecular weight excluding hydrogens is 238 g/mol. The van der Waals surface area contributed by atoms with Crippen molar-refractivity contribution in [2.24, 2.45) is 0 Å². The number of benzene rings is 1. The number of ether oxygens (including phenoxy) is 1. The minimum absolute atomic E-state index is 0.437. The lowest BCUT2D eigenvalue weighted by Gasteiger charge is -2.18. The third kappa shape index (κ3) is 5.31. The molecule has 0 saturated heterocycles. The molecule has 0 spiro atoms. The van der Waals surface area contributed by atoms with Gasteiger partial charge in [-0.25, -0.2) is 0 Å². The number of aliphatic hydroxyl groups is 1. The fraction of sp³-hybridized carbons (Fsp3) is 0.625. The monoisotopic (exact) mass is 265 g/mol. The molecule has 108 valence electrons. The smallest absolute Gasteiger partial charge is 0.0919 e. The van der Waals surface area contributed by atoms with Crippen LogP contribution in [-0.4, -0.2) is 31.4 Å². The van der Waals surface area contributed by atoms with Gasteiger partial charge in [0.15, 0.2) is 0 Å². The lowest BCUT2D eigenvalue weighted by molar-refractivity contribution is 0.140. The van der Waals surface area contributed by atoms with Gasteiger partial charge in [-0.3, -0.25) is 0 Å². The molecular formula is C16H27NO2. The van der Waals surface area contributed by atoms with E-state index in [-0.39, 0.29) is 0 Å². The summed E-state index contributed by atoms with van der Waals surface area (Å²) in [4.78, 5) is 0. The average Bonchev–Trinajstić information content (AvgIpc) is 2.32. The molecule has 2 N–H and O–H groups in total. The molecule has 0 aliphatic carbocycles. The van der Waals surface area contributed by atoms with Crippen LogP contribution in [0.15, 0.2) is 12.1 Å². The largest absolute Gasteiger partial charge is 0.387 e. The quantitative estimate of drug-likeness (QED) is 0.710. The summed E-state index contributed by atoms with van der Waals surface area (Å²) in [6.45, 7) is 11.2. The number of hydrogen-bond donors (Lipinski definition) is 2. The Hall–Kier alpha value is -0.900. The molecule has 1 aromatic rings. The van der Waals surface area contributed by atoms with Crippen molar-refractivity contribution in [1.82, 2.24) is 5.32 Å². The van der Waals surface area contributed by atoms with Crippen LogP contribution in [-0.2, 0) is 4.74 Å². The molecule has 1 aromatic carbocycles. The first-order chi connectivity index (χ1) is 9.06. The maximum absolute atomic E-state index is 10.3. The summed E-state index contributed by atoms with van der Waals surface area (Å²) in [5.41, 5.74) is 4.64. The van der Waals surface area contributed by atoms with Crippen molar-refractivity contribution in [3.8, 4) is 0 Å². The van der Waals surface area contributed by atoms with E-state index in [0.29, 0.717) is 6.54 Å². The standard InChI is InChI=1S/C16H27NO2/c1-5-19-8-6-7-17-11-15(18)16-13(3)9-12(2)10-14(16)4/h9-10,15,17-18H,5-8,11H2,1-4H3. The molecule has 0 aliphatic heterocycles. The van der Waals surface area contributed by atoms with Gasteiger partial charge >= 0.3 is 0 Å². The van der Waals surface area contributed by atoms with Crippen LogP contribution >= 0.6 is 0 Å². The molecule has 3 heteroatoms. The molecule has 19 heavy (non-hydrogen) atoms. The summed E-state index contributed by atoms with van der Waals surface area (Å²) in [7, 11) is 0. The van der Waals surface area contributed by atoms with Gasteiger partial charge in [-0.1, -0.05) is 17.7 Å². The number of rotatable bonds is 8. The Bertz CT molecular complexity index is 367. The normalized spacial score (nSPS) is 12.7. The third-order valence-electron chi connectivity index (χ3n) is 3.26. The highest BCUT2D eigenvalue weighted by Gasteiger charge is 2.13. The molecule has 0 radical (unpaired) electrons. The zero-order chi connectivity index (χ0) is 14.3. The molecule has 1 rings (SSSR count). The highest BCUT2D eigenvalue weighted by Crippen LogP contribution is 2.22. The first kappa shape index (κ1) is 16.2. The van der Waals surface area contributed by atoms with E-state index in [1.165, 1.54) is 16.7 Å². The van der Waals surface area contributed by atoms with Crippen molar-refractivity contribution >= 4 is 0 Å². The van der Waals surface area contributed by atoms with Crippen molar-refractivity contribution < 1.29 is 9.84 Å². The van der Waals surface area contributed by atoms with Crippen LogP contribution in [0, 0.1) is 20.8 Å². The molecule has 1 atom stereocenters. The van der Waals surface area contributed by atoms with Gasteiger partial charge in [-0.05, 0) is 57.4 Å². The predicted octanol–water partition coefficient (Wildman–Crippen LogP) is 2.66. The van der Waals surface area contributed by atoms with Gasteiger partial charge in [-0.2, -0.15) is 0 Å². The number of nitrogens with one attached hydrogen (secondary N) is 1. The van der Waals surface area contributed by atoms with Gasteiger partial charge in [0.1, 0.15) is 0 Å². The van der Waals surface area contributed by atoms with Crippen molar-refractivity contribution in [1.29, 1.82) is 0 Å². The minimum atomic E-state index is -0.437. The van der Waals surface area contributed by atoms with Gasteiger partial charge < -0.3 is 15.2 Å². The number of hydrogen-bond acceptors (Lipinski definition) is 3. The number of aryl methyl sites for hydroxylation is 3. The summed E-state index contributed by atoms with van der Waals surface area (Å²) in [5.74, 6) is 0. The molecule has 0 aliphatic rings. The highest BCUT2D eigenvalue weighted by atomic mass is 16.5. The lowest BCUT2D eigenvalue weighted by Crippen LogP contribution is -2.24. The van der Waals surface area contributed by atoms with Gasteiger partial charge in [0.25, 0.3) is 0 Å². The van der Waals surface area contributed by atoms with Crippen LogP contribution in [0.4, 0.5) is 0 Å². The molecule has 3 nitrogen and oxygen atoms in total. The molecule has 0 heterocycles. The maximum atomic E-state index is 10.3. The maximum Gasteiger partial charge on any atom is 0.0919 e. The van der Waals surface area contributed by atoms with E-state index in [4.69, 9.17) is 4.74 Å². The molecule has 0 saturated carbocycles. The van der Waals surface area contributed by atoms with E-state index in [1.54, 1.807) is 0 Å². The Labute approximate surface area is 117 Å². The summed E-state index contributed by atoms with van der Waals surface area (Å²) in [6.07, 6.45) is 0.541. The van der Waals surface area contributed by atoms with E-state index in [9.17, 15) is 5.11 Å². The van der Waals surface area contributed by atoms with E-state index < -0.39 is 6.10 Å². The topological polar surface area (TPSA) is 41.5 Å². The SMILES string of the molecule is CCOCCCNCC(O)c1c(C)cc(C)cc1C. The Morgan fingerprint density at radius 3 is 2.42 bits per heavy atom. The van der Waals surface area contributed by atoms with Crippen LogP contribution in [0.25, 0.3) is 0 Å². The second kappa shape index (κ2) is 8.31. The Balaban J connectivity index is 2.43. The van der Waals surface area contributed by atoms with Gasteiger partial charge in [0.05, 0.1) is 6.10 Å². The second-order valence-corrected chi connectivity index (χ2v) is 5.08. The summed E-state index contributed by atoms with van der Waals surface area (Å²) >= 11 is 0. The summed E-state index contributed by atoms with van der Waals surface area (Å²) in [5, 5.41) is 13.6. The summed E-state index contributed by atoms with van der Waals surface area (Å²) in [6, 6.07) is 4.25. The third-order valence-corrected chi connectivity index (χ3v) is 3.26. The zero-order valence-electron chi connectivity index (χ0n) is 12.6. The molecule has 0 amide bonds.